The summed E-state index contributed by atoms with van der Waals surface area (Å²) in [6, 6.07) is 0. The standard InChI is InChI=1S/C11H23N3O4S/c1-2-3-6-13-11(16)9-19(17,18)8-4-10(15)14-7-5-12/h2-9,12H2,1H3,(H,13,16)(H,14,15). The largest absolute Gasteiger partial charge is 0.355 e. The molecule has 0 aliphatic heterocycles. The van der Waals surface area contributed by atoms with E-state index in [4.69, 9.17) is 5.73 Å². The highest BCUT2D eigenvalue weighted by molar-refractivity contribution is 7.92. The highest BCUT2D eigenvalue weighted by atomic mass is 32.2. The lowest BCUT2D eigenvalue weighted by Gasteiger charge is -2.06. The molecule has 2 amide bonds. The van der Waals surface area contributed by atoms with E-state index in [0.717, 1.165) is 12.8 Å². The molecule has 0 rings (SSSR count). The predicted octanol–water partition coefficient (Wildman–Crippen LogP) is -1.22. The fourth-order valence-electron chi connectivity index (χ4n) is 1.28. The van der Waals surface area contributed by atoms with Crippen LogP contribution in [-0.2, 0) is 19.4 Å². The van der Waals surface area contributed by atoms with Crippen molar-refractivity contribution < 1.29 is 18.0 Å². The third-order valence-corrected chi connectivity index (χ3v) is 3.84. The van der Waals surface area contributed by atoms with E-state index in [0.29, 0.717) is 19.6 Å². The molecule has 0 aliphatic carbocycles. The molecule has 19 heavy (non-hydrogen) atoms. The molecule has 0 saturated carbocycles. The molecule has 0 aliphatic rings. The van der Waals surface area contributed by atoms with Crippen LogP contribution in [0.15, 0.2) is 0 Å². The van der Waals surface area contributed by atoms with E-state index in [1.807, 2.05) is 6.92 Å². The van der Waals surface area contributed by atoms with Crippen molar-refractivity contribution in [2.75, 3.05) is 31.1 Å². The van der Waals surface area contributed by atoms with Crippen molar-refractivity contribution in [1.82, 2.24) is 10.6 Å². The Balaban J connectivity index is 3.97. The van der Waals surface area contributed by atoms with Gasteiger partial charge in [0.05, 0.1) is 5.75 Å². The zero-order valence-electron chi connectivity index (χ0n) is 11.3. The van der Waals surface area contributed by atoms with Crippen LogP contribution in [0.1, 0.15) is 26.2 Å². The van der Waals surface area contributed by atoms with Gasteiger partial charge in [-0.25, -0.2) is 8.42 Å². The second-order valence-corrected chi connectivity index (χ2v) is 6.37. The zero-order chi connectivity index (χ0) is 14.7. The van der Waals surface area contributed by atoms with Crippen molar-refractivity contribution in [2.24, 2.45) is 5.73 Å². The molecule has 0 saturated heterocycles. The van der Waals surface area contributed by atoms with Gasteiger partial charge < -0.3 is 16.4 Å². The lowest BCUT2D eigenvalue weighted by Crippen LogP contribution is -2.34. The second kappa shape index (κ2) is 9.74. The van der Waals surface area contributed by atoms with E-state index >= 15 is 0 Å². The molecular formula is C11H23N3O4S. The van der Waals surface area contributed by atoms with Crippen molar-refractivity contribution in [3.8, 4) is 0 Å². The average Bonchev–Trinajstić information content (AvgIpc) is 2.33. The number of nitrogens with two attached hydrogens (primary N) is 1. The topological polar surface area (TPSA) is 118 Å². The number of hydrogen-bond donors (Lipinski definition) is 3. The summed E-state index contributed by atoms with van der Waals surface area (Å²) in [5.41, 5.74) is 5.20. The summed E-state index contributed by atoms with van der Waals surface area (Å²) < 4.78 is 23.2. The van der Waals surface area contributed by atoms with E-state index in [-0.39, 0.29) is 18.1 Å². The maximum Gasteiger partial charge on any atom is 0.235 e. The van der Waals surface area contributed by atoms with Crippen molar-refractivity contribution >= 4 is 21.7 Å². The molecule has 0 radical (unpaired) electrons. The van der Waals surface area contributed by atoms with Crippen LogP contribution in [0.25, 0.3) is 0 Å². The summed E-state index contributed by atoms with van der Waals surface area (Å²) in [4.78, 5) is 22.6. The summed E-state index contributed by atoms with van der Waals surface area (Å²) >= 11 is 0. The molecule has 112 valence electrons. The maximum atomic E-state index is 11.6. The minimum absolute atomic E-state index is 0.148. The van der Waals surface area contributed by atoms with Crippen LogP contribution in [-0.4, -0.2) is 51.4 Å². The normalized spacial score (nSPS) is 11.1. The van der Waals surface area contributed by atoms with Gasteiger partial charge in [0.1, 0.15) is 5.75 Å². The third-order valence-electron chi connectivity index (χ3n) is 2.31. The van der Waals surface area contributed by atoms with E-state index in [2.05, 4.69) is 10.6 Å². The van der Waals surface area contributed by atoms with Gasteiger partial charge in [-0.05, 0) is 6.42 Å². The first kappa shape index (κ1) is 17.8. The Morgan fingerprint density at radius 1 is 1.11 bits per heavy atom. The molecule has 0 spiro atoms. The number of rotatable bonds is 10. The van der Waals surface area contributed by atoms with Crippen LogP contribution in [0.4, 0.5) is 0 Å². The number of nitrogens with one attached hydrogen (secondary N) is 2. The van der Waals surface area contributed by atoms with E-state index in [1.54, 1.807) is 0 Å². The molecule has 0 aromatic heterocycles. The van der Waals surface area contributed by atoms with Crippen LogP contribution >= 0.6 is 0 Å². The van der Waals surface area contributed by atoms with Crippen LogP contribution in [0, 0.1) is 0 Å². The van der Waals surface area contributed by atoms with E-state index in [1.165, 1.54) is 0 Å². The molecule has 0 aromatic rings. The molecule has 4 N–H and O–H groups in total. The first-order chi connectivity index (χ1) is 8.91. The second-order valence-electron chi connectivity index (χ2n) is 4.18. The molecule has 7 nitrogen and oxygen atoms in total. The Morgan fingerprint density at radius 2 is 1.74 bits per heavy atom. The van der Waals surface area contributed by atoms with E-state index < -0.39 is 21.5 Å². The molecule has 0 heterocycles. The quantitative estimate of drug-likeness (QED) is 0.436. The highest BCUT2D eigenvalue weighted by Gasteiger charge is 2.17. The summed E-state index contributed by atoms with van der Waals surface area (Å²) in [7, 11) is -3.54. The minimum atomic E-state index is -3.54. The summed E-state index contributed by atoms with van der Waals surface area (Å²) in [6.07, 6.45) is 1.59. The first-order valence-corrected chi connectivity index (χ1v) is 8.17. The van der Waals surface area contributed by atoms with Crippen molar-refractivity contribution in [3.05, 3.63) is 0 Å². The summed E-state index contributed by atoms with van der Waals surface area (Å²) in [6.45, 7) is 3.07. The molecular weight excluding hydrogens is 270 g/mol. The number of unbranched alkanes of at least 4 members (excludes halogenated alkanes) is 1. The smallest absolute Gasteiger partial charge is 0.235 e. The maximum absolute atomic E-state index is 11.6. The molecule has 0 fully saturated rings. The van der Waals surface area contributed by atoms with Crippen molar-refractivity contribution in [2.45, 2.75) is 26.2 Å². The van der Waals surface area contributed by atoms with Gasteiger partial charge in [-0.1, -0.05) is 13.3 Å². The average molecular weight is 293 g/mol. The predicted molar refractivity (Wildman–Crippen MR) is 73.3 cm³/mol. The third kappa shape index (κ3) is 10.5. The van der Waals surface area contributed by atoms with Crippen LogP contribution < -0.4 is 16.4 Å². The summed E-state index contributed by atoms with van der Waals surface area (Å²) in [5.74, 6) is -1.79. The Labute approximate surface area is 114 Å². The van der Waals surface area contributed by atoms with Crippen molar-refractivity contribution in [3.63, 3.8) is 0 Å². The van der Waals surface area contributed by atoms with Gasteiger partial charge >= 0.3 is 0 Å². The minimum Gasteiger partial charge on any atom is -0.355 e. The molecule has 0 aromatic carbocycles. The van der Waals surface area contributed by atoms with Gasteiger partial charge in [0.15, 0.2) is 9.84 Å². The highest BCUT2D eigenvalue weighted by Crippen LogP contribution is 1.95. The lowest BCUT2D eigenvalue weighted by atomic mass is 10.3. The zero-order valence-corrected chi connectivity index (χ0v) is 12.1. The van der Waals surface area contributed by atoms with Crippen LogP contribution in [0.5, 0.6) is 0 Å². The monoisotopic (exact) mass is 293 g/mol. The molecule has 0 atom stereocenters. The number of carbonyl (C=O) groups is 2. The van der Waals surface area contributed by atoms with Crippen molar-refractivity contribution in [1.29, 1.82) is 0 Å². The fourth-order valence-corrected chi connectivity index (χ4v) is 2.42. The number of amides is 2. The molecule has 0 bridgehead atoms. The summed E-state index contributed by atoms with van der Waals surface area (Å²) in [5, 5.41) is 5.00. The SMILES string of the molecule is CCCCNC(=O)CS(=O)(=O)CCC(=O)NCCN. The van der Waals surface area contributed by atoms with Gasteiger partial charge in [-0.3, -0.25) is 9.59 Å². The first-order valence-electron chi connectivity index (χ1n) is 6.35. The van der Waals surface area contributed by atoms with Gasteiger partial charge in [-0.15, -0.1) is 0 Å². The Kier molecular flexibility index (Phi) is 9.15. The van der Waals surface area contributed by atoms with Gasteiger partial charge in [0.25, 0.3) is 0 Å². The number of carbonyl (C=O) groups excluding carboxylic acids is 2. The van der Waals surface area contributed by atoms with Crippen LogP contribution in [0.2, 0.25) is 0 Å². The number of sulfone groups is 1. The fraction of sp³-hybridized carbons (Fsp3) is 0.818. The Hall–Kier alpha value is -1.15. The Morgan fingerprint density at radius 3 is 2.32 bits per heavy atom. The Bertz CT molecular complexity index is 381. The number of hydrogen-bond acceptors (Lipinski definition) is 5. The van der Waals surface area contributed by atoms with Gasteiger partial charge in [-0.2, -0.15) is 0 Å². The molecule has 8 heteroatoms. The van der Waals surface area contributed by atoms with Crippen LogP contribution in [0.3, 0.4) is 0 Å². The van der Waals surface area contributed by atoms with Gasteiger partial charge in [0.2, 0.25) is 11.8 Å². The molecule has 0 unspecified atom stereocenters. The van der Waals surface area contributed by atoms with Gasteiger partial charge in [0, 0.05) is 26.1 Å². The van der Waals surface area contributed by atoms with E-state index in [9.17, 15) is 18.0 Å². The lowest BCUT2D eigenvalue weighted by molar-refractivity contribution is -0.121.